The quantitative estimate of drug-likeness (QED) is 0.0261. The fourth-order valence-electron chi connectivity index (χ4n) is 10.0. The second-order valence-corrected chi connectivity index (χ2v) is 22.4. The van der Waals surface area contributed by atoms with E-state index in [-0.39, 0.29) is 31.1 Å². The summed E-state index contributed by atoms with van der Waals surface area (Å²) in [6.07, 6.45) is 74.8. The number of unbranched alkanes of at least 4 members (excludes halogenated alkanes) is 46. The smallest absolute Gasteiger partial charge is 0.306 e. The normalized spacial score (nSPS) is 12.1. The number of allylic oxidation sites excluding steroid dienone is 4. The lowest BCUT2D eigenvalue weighted by Gasteiger charge is -2.18. The summed E-state index contributed by atoms with van der Waals surface area (Å²) in [6, 6.07) is 0. The van der Waals surface area contributed by atoms with E-state index in [1.807, 2.05) is 0 Å². The first-order valence-electron chi connectivity index (χ1n) is 32.8. The van der Waals surface area contributed by atoms with Crippen molar-refractivity contribution in [3.8, 4) is 0 Å². The second-order valence-electron chi connectivity index (χ2n) is 22.4. The van der Waals surface area contributed by atoms with E-state index in [1.165, 1.54) is 244 Å². The Morgan fingerprint density at radius 3 is 0.808 bits per heavy atom. The highest BCUT2D eigenvalue weighted by Gasteiger charge is 2.19. The lowest BCUT2D eigenvalue weighted by molar-refractivity contribution is -0.167. The number of hydrogen-bond acceptors (Lipinski definition) is 6. The van der Waals surface area contributed by atoms with Crippen molar-refractivity contribution in [3.05, 3.63) is 24.3 Å². The molecule has 0 rings (SSSR count). The van der Waals surface area contributed by atoms with Crippen LogP contribution < -0.4 is 0 Å². The Morgan fingerprint density at radius 2 is 0.521 bits per heavy atom. The Labute approximate surface area is 455 Å². The molecule has 6 nitrogen and oxygen atoms in total. The summed E-state index contributed by atoms with van der Waals surface area (Å²) in [6.45, 7) is 6.64. The van der Waals surface area contributed by atoms with Crippen molar-refractivity contribution in [1.29, 1.82) is 0 Å². The molecule has 430 valence electrons. The molecule has 0 radical (unpaired) electrons. The van der Waals surface area contributed by atoms with Crippen LogP contribution in [-0.4, -0.2) is 37.2 Å². The van der Waals surface area contributed by atoms with E-state index in [4.69, 9.17) is 14.2 Å². The summed E-state index contributed by atoms with van der Waals surface area (Å²) >= 11 is 0. The highest BCUT2D eigenvalue weighted by molar-refractivity contribution is 5.71. The zero-order valence-corrected chi connectivity index (χ0v) is 49.4. The van der Waals surface area contributed by atoms with E-state index in [9.17, 15) is 14.4 Å². The summed E-state index contributed by atoms with van der Waals surface area (Å²) in [5.41, 5.74) is 0. The minimum Gasteiger partial charge on any atom is -0.462 e. The molecule has 0 N–H and O–H groups in total. The Bertz CT molecular complexity index is 1180. The fourth-order valence-corrected chi connectivity index (χ4v) is 10.0. The molecule has 0 heterocycles. The van der Waals surface area contributed by atoms with Gasteiger partial charge in [-0.1, -0.05) is 328 Å². The third kappa shape index (κ3) is 60.6. The summed E-state index contributed by atoms with van der Waals surface area (Å²) < 4.78 is 16.9. The topological polar surface area (TPSA) is 78.9 Å². The minimum absolute atomic E-state index is 0.0696. The molecular formula is C67H126O6. The van der Waals surface area contributed by atoms with Gasteiger partial charge in [-0.3, -0.25) is 14.4 Å². The Morgan fingerprint density at radius 1 is 0.274 bits per heavy atom. The van der Waals surface area contributed by atoms with Crippen LogP contribution in [0.15, 0.2) is 24.3 Å². The van der Waals surface area contributed by atoms with Crippen molar-refractivity contribution >= 4 is 17.9 Å². The van der Waals surface area contributed by atoms with Gasteiger partial charge >= 0.3 is 17.9 Å². The molecule has 73 heavy (non-hydrogen) atoms. The molecule has 0 saturated carbocycles. The first-order chi connectivity index (χ1) is 36.0. The Hall–Kier alpha value is -2.11. The molecular weight excluding hydrogens is 901 g/mol. The lowest BCUT2D eigenvalue weighted by atomic mass is 10.0. The number of carbonyl (C=O) groups excluding carboxylic acids is 3. The monoisotopic (exact) mass is 1030 g/mol. The van der Waals surface area contributed by atoms with Gasteiger partial charge in [-0.05, 0) is 44.9 Å². The molecule has 0 bridgehead atoms. The SMILES string of the molecule is CCC/C=C\C/C=C\CCCCCCCC(=O)OCC(COC(=O)CCCCCCCCCCCCCCCCCCCCCCC)OC(=O)CCCCCCCCCCCCCCCCCCCCCCC. The van der Waals surface area contributed by atoms with Crippen molar-refractivity contribution in [2.24, 2.45) is 0 Å². The summed E-state index contributed by atoms with van der Waals surface area (Å²) in [4.78, 5) is 38.3. The largest absolute Gasteiger partial charge is 0.462 e. The molecule has 1 atom stereocenters. The van der Waals surface area contributed by atoms with Crippen molar-refractivity contribution in [2.75, 3.05) is 13.2 Å². The van der Waals surface area contributed by atoms with Gasteiger partial charge in [0, 0.05) is 19.3 Å². The van der Waals surface area contributed by atoms with Gasteiger partial charge in [0.2, 0.25) is 0 Å². The van der Waals surface area contributed by atoms with E-state index in [0.717, 1.165) is 83.5 Å². The highest BCUT2D eigenvalue weighted by Crippen LogP contribution is 2.18. The Balaban J connectivity index is 4.25. The number of rotatable bonds is 61. The highest BCUT2D eigenvalue weighted by atomic mass is 16.6. The lowest BCUT2D eigenvalue weighted by Crippen LogP contribution is -2.30. The van der Waals surface area contributed by atoms with Crippen LogP contribution in [0.4, 0.5) is 0 Å². The van der Waals surface area contributed by atoms with Crippen LogP contribution >= 0.6 is 0 Å². The minimum atomic E-state index is -0.773. The Kier molecular flexibility index (Phi) is 60.6. The fraction of sp³-hybridized carbons (Fsp3) is 0.896. The first-order valence-corrected chi connectivity index (χ1v) is 32.8. The first kappa shape index (κ1) is 70.9. The molecule has 0 saturated heterocycles. The van der Waals surface area contributed by atoms with Crippen LogP contribution in [0.1, 0.15) is 367 Å². The van der Waals surface area contributed by atoms with Crippen LogP contribution in [0.3, 0.4) is 0 Å². The summed E-state index contributed by atoms with van der Waals surface area (Å²) in [7, 11) is 0. The molecule has 0 aliphatic heterocycles. The van der Waals surface area contributed by atoms with Gasteiger partial charge < -0.3 is 14.2 Å². The molecule has 0 aliphatic carbocycles. The van der Waals surface area contributed by atoms with Crippen molar-refractivity contribution in [3.63, 3.8) is 0 Å². The van der Waals surface area contributed by atoms with Gasteiger partial charge in [0.05, 0.1) is 0 Å². The molecule has 0 aromatic carbocycles. The average molecular weight is 1030 g/mol. The van der Waals surface area contributed by atoms with Gasteiger partial charge in [-0.15, -0.1) is 0 Å². The second kappa shape index (κ2) is 62.4. The third-order valence-electron chi connectivity index (χ3n) is 14.9. The van der Waals surface area contributed by atoms with E-state index >= 15 is 0 Å². The molecule has 0 aromatic heterocycles. The van der Waals surface area contributed by atoms with Gasteiger partial charge in [-0.2, -0.15) is 0 Å². The van der Waals surface area contributed by atoms with Crippen LogP contribution in [-0.2, 0) is 28.6 Å². The maximum absolute atomic E-state index is 12.9. The maximum Gasteiger partial charge on any atom is 0.306 e. The molecule has 0 spiro atoms. The molecule has 6 heteroatoms. The number of esters is 3. The third-order valence-corrected chi connectivity index (χ3v) is 14.9. The van der Waals surface area contributed by atoms with Crippen LogP contribution in [0.25, 0.3) is 0 Å². The van der Waals surface area contributed by atoms with Crippen molar-refractivity contribution in [1.82, 2.24) is 0 Å². The van der Waals surface area contributed by atoms with Crippen LogP contribution in [0, 0.1) is 0 Å². The van der Waals surface area contributed by atoms with Gasteiger partial charge in [-0.25, -0.2) is 0 Å². The molecule has 0 aromatic rings. The molecule has 0 aliphatic rings. The van der Waals surface area contributed by atoms with Crippen molar-refractivity contribution in [2.45, 2.75) is 374 Å². The molecule has 1 unspecified atom stereocenters. The standard InChI is InChI=1S/C67H126O6/c1-4-7-10-13-16-19-22-25-27-29-31-33-35-37-39-42-45-48-51-54-57-60-66(69)72-63-64(62-71-65(68)59-56-53-50-47-44-41-24-21-18-15-12-9-6-3)73-67(70)61-58-55-52-49-46-43-40-38-36-34-32-30-28-26-23-20-17-14-11-8-5-2/h12,15,21,24,64H,4-11,13-14,16-20,22-23,25-63H2,1-3H3/b15-12-,24-21-. The molecule has 0 amide bonds. The van der Waals surface area contributed by atoms with Gasteiger partial charge in [0.1, 0.15) is 13.2 Å². The number of hydrogen-bond donors (Lipinski definition) is 0. The van der Waals surface area contributed by atoms with Crippen LogP contribution in [0.2, 0.25) is 0 Å². The van der Waals surface area contributed by atoms with E-state index < -0.39 is 6.10 Å². The summed E-state index contributed by atoms with van der Waals surface area (Å²) in [5.74, 6) is -0.855. The zero-order chi connectivity index (χ0) is 52.9. The van der Waals surface area contributed by atoms with E-state index in [0.29, 0.717) is 19.3 Å². The van der Waals surface area contributed by atoms with E-state index in [1.54, 1.807) is 0 Å². The van der Waals surface area contributed by atoms with Crippen LogP contribution in [0.5, 0.6) is 0 Å². The van der Waals surface area contributed by atoms with E-state index in [2.05, 4.69) is 45.1 Å². The number of ether oxygens (including phenoxy) is 3. The van der Waals surface area contributed by atoms with Crippen molar-refractivity contribution < 1.29 is 28.6 Å². The zero-order valence-electron chi connectivity index (χ0n) is 49.4. The average Bonchev–Trinajstić information content (AvgIpc) is 3.39. The number of carbonyl (C=O) groups is 3. The maximum atomic E-state index is 12.9. The molecule has 0 fully saturated rings. The van der Waals surface area contributed by atoms with Gasteiger partial charge in [0.15, 0.2) is 6.10 Å². The van der Waals surface area contributed by atoms with Gasteiger partial charge in [0.25, 0.3) is 0 Å². The predicted octanol–water partition coefficient (Wildman–Crippen LogP) is 22.2. The summed E-state index contributed by atoms with van der Waals surface area (Å²) in [5, 5.41) is 0. The predicted molar refractivity (Wildman–Crippen MR) is 316 cm³/mol.